The Kier molecular flexibility index (Phi) is 4.98. The van der Waals surface area contributed by atoms with Crippen LogP contribution in [0.4, 0.5) is 5.69 Å². The zero-order chi connectivity index (χ0) is 18.5. The van der Waals surface area contributed by atoms with Crippen molar-refractivity contribution in [3.63, 3.8) is 0 Å². The Labute approximate surface area is 150 Å². The lowest BCUT2D eigenvalue weighted by Gasteiger charge is -2.10. The SMILES string of the molecule is CNC(=O)c1ccc(OC)c(NC(=O)c2cc(-c3ccccc3)on2)c1. The van der Waals surface area contributed by atoms with E-state index in [1.165, 1.54) is 20.2 Å². The van der Waals surface area contributed by atoms with Crippen LogP contribution in [-0.4, -0.2) is 31.1 Å². The summed E-state index contributed by atoms with van der Waals surface area (Å²) in [5, 5.41) is 9.04. The molecule has 1 aromatic heterocycles. The molecule has 7 nitrogen and oxygen atoms in total. The fraction of sp³-hybridized carbons (Fsp3) is 0.105. The average molecular weight is 351 g/mol. The Balaban J connectivity index is 1.84. The highest BCUT2D eigenvalue weighted by molar-refractivity contribution is 6.05. The van der Waals surface area contributed by atoms with E-state index < -0.39 is 5.91 Å². The molecule has 3 rings (SSSR count). The molecule has 2 N–H and O–H groups in total. The lowest BCUT2D eigenvalue weighted by atomic mass is 10.1. The quantitative estimate of drug-likeness (QED) is 0.737. The number of carbonyl (C=O) groups excluding carboxylic acids is 2. The van der Waals surface area contributed by atoms with Crippen molar-refractivity contribution < 1.29 is 18.8 Å². The van der Waals surface area contributed by atoms with E-state index >= 15 is 0 Å². The van der Waals surface area contributed by atoms with Crippen LogP contribution >= 0.6 is 0 Å². The predicted octanol–water partition coefficient (Wildman–Crippen LogP) is 2.96. The van der Waals surface area contributed by atoms with Gasteiger partial charge in [-0.15, -0.1) is 0 Å². The molecular weight excluding hydrogens is 334 g/mol. The number of benzene rings is 2. The zero-order valence-corrected chi connectivity index (χ0v) is 14.3. The molecule has 7 heteroatoms. The summed E-state index contributed by atoms with van der Waals surface area (Å²) >= 11 is 0. The van der Waals surface area contributed by atoms with Gasteiger partial charge in [0.25, 0.3) is 11.8 Å². The van der Waals surface area contributed by atoms with Crippen LogP contribution in [0.1, 0.15) is 20.8 Å². The molecule has 2 aromatic carbocycles. The molecule has 0 saturated heterocycles. The molecule has 2 amide bonds. The van der Waals surface area contributed by atoms with Crippen molar-refractivity contribution in [2.75, 3.05) is 19.5 Å². The molecule has 0 fully saturated rings. The Morgan fingerprint density at radius 1 is 1.04 bits per heavy atom. The van der Waals surface area contributed by atoms with Gasteiger partial charge in [-0.3, -0.25) is 9.59 Å². The second-order valence-electron chi connectivity index (χ2n) is 5.39. The summed E-state index contributed by atoms with van der Waals surface area (Å²) in [7, 11) is 3.01. The number of hydrogen-bond acceptors (Lipinski definition) is 5. The lowest BCUT2D eigenvalue weighted by Crippen LogP contribution is -2.19. The predicted molar refractivity (Wildman–Crippen MR) is 96.3 cm³/mol. The van der Waals surface area contributed by atoms with Gasteiger partial charge in [0.15, 0.2) is 11.5 Å². The molecule has 3 aromatic rings. The third-order valence-corrected chi connectivity index (χ3v) is 3.74. The van der Waals surface area contributed by atoms with Crippen LogP contribution in [0.3, 0.4) is 0 Å². The lowest BCUT2D eigenvalue weighted by molar-refractivity contribution is 0.0961. The third-order valence-electron chi connectivity index (χ3n) is 3.74. The molecule has 1 heterocycles. The molecule has 0 aliphatic heterocycles. The first-order valence-electron chi connectivity index (χ1n) is 7.86. The van der Waals surface area contributed by atoms with Crippen molar-refractivity contribution in [1.29, 1.82) is 0 Å². The van der Waals surface area contributed by atoms with Crippen molar-refractivity contribution in [1.82, 2.24) is 10.5 Å². The first-order valence-corrected chi connectivity index (χ1v) is 7.86. The first kappa shape index (κ1) is 17.2. The number of aromatic nitrogens is 1. The average Bonchev–Trinajstić information content (AvgIpc) is 3.18. The minimum atomic E-state index is -0.469. The molecule has 132 valence electrons. The van der Waals surface area contributed by atoms with Crippen molar-refractivity contribution in [2.24, 2.45) is 0 Å². The van der Waals surface area contributed by atoms with E-state index in [2.05, 4.69) is 15.8 Å². The van der Waals surface area contributed by atoms with Crippen molar-refractivity contribution in [3.8, 4) is 17.1 Å². The number of anilines is 1. The van der Waals surface area contributed by atoms with Crippen molar-refractivity contribution in [2.45, 2.75) is 0 Å². The second kappa shape index (κ2) is 7.52. The summed E-state index contributed by atoms with van der Waals surface area (Å²) in [4.78, 5) is 24.3. The van der Waals surface area contributed by atoms with Gasteiger partial charge in [-0.05, 0) is 18.2 Å². The normalized spacial score (nSPS) is 10.2. The summed E-state index contributed by atoms with van der Waals surface area (Å²) in [5.41, 5.74) is 1.70. The number of ether oxygens (including phenoxy) is 1. The fourth-order valence-electron chi connectivity index (χ4n) is 2.40. The van der Waals surface area contributed by atoms with Gasteiger partial charge >= 0.3 is 0 Å². The van der Waals surface area contributed by atoms with Gasteiger partial charge in [-0.1, -0.05) is 35.5 Å². The molecule has 0 aliphatic carbocycles. The molecule has 0 saturated carbocycles. The van der Waals surface area contributed by atoms with Crippen molar-refractivity contribution >= 4 is 17.5 Å². The fourth-order valence-corrected chi connectivity index (χ4v) is 2.40. The highest BCUT2D eigenvalue weighted by atomic mass is 16.5. The number of carbonyl (C=O) groups is 2. The van der Waals surface area contributed by atoms with Crippen LogP contribution in [0, 0.1) is 0 Å². The van der Waals surface area contributed by atoms with E-state index in [-0.39, 0.29) is 11.6 Å². The van der Waals surface area contributed by atoms with Gasteiger partial charge in [0, 0.05) is 24.2 Å². The van der Waals surface area contributed by atoms with Gasteiger partial charge in [0.2, 0.25) is 0 Å². The maximum Gasteiger partial charge on any atom is 0.277 e. The molecule has 26 heavy (non-hydrogen) atoms. The number of nitrogens with zero attached hydrogens (tertiary/aromatic N) is 1. The van der Waals surface area contributed by atoms with E-state index in [9.17, 15) is 9.59 Å². The molecule has 0 radical (unpaired) electrons. The molecule has 0 unspecified atom stereocenters. The minimum absolute atomic E-state index is 0.122. The second-order valence-corrected chi connectivity index (χ2v) is 5.39. The smallest absolute Gasteiger partial charge is 0.277 e. The summed E-state index contributed by atoms with van der Waals surface area (Å²) in [6.07, 6.45) is 0. The largest absolute Gasteiger partial charge is 0.495 e. The van der Waals surface area contributed by atoms with E-state index in [1.807, 2.05) is 30.3 Å². The Morgan fingerprint density at radius 2 is 1.81 bits per heavy atom. The number of methoxy groups -OCH3 is 1. The van der Waals surface area contributed by atoms with Gasteiger partial charge in [-0.2, -0.15) is 0 Å². The van der Waals surface area contributed by atoms with Gasteiger partial charge in [0.05, 0.1) is 12.8 Å². The van der Waals surface area contributed by atoms with Crippen LogP contribution in [0.15, 0.2) is 59.1 Å². The van der Waals surface area contributed by atoms with E-state index in [0.717, 1.165) is 5.56 Å². The number of nitrogens with one attached hydrogen (secondary N) is 2. The van der Waals surface area contributed by atoms with Crippen LogP contribution in [0.5, 0.6) is 5.75 Å². The Hall–Kier alpha value is -3.61. The summed E-state index contributed by atoms with van der Waals surface area (Å²) < 4.78 is 10.5. The number of rotatable bonds is 5. The highest BCUT2D eigenvalue weighted by Gasteiger charge is 2.17. The van der Waals surface area contributed by atoms with Gasteiger partial charge in [-0.25, -0.2) is 0 Å². The van der Waals surface area contributed by atoms with Crippen LogP contribution in [0.2, 0.25) is 0 Å². The Morgan fingerprint density at radius 3 is 2.50 bits per heavy atom. The standard InChI is InChI=1S/C19H17N3O4/c1-20-18(23)13-8-9-16(25-2)14(10-13)21-19(24)15-11-17(26-22-15)12-6-4-3-5-7-12/h3-11H,1-2H3,(H,20,23)(H,21,24). The Bertz CT molecular complexity index is 935. The van der Waals surface area contributed by atoms with Crippen LogP contribution in [-0.2, 0) is 0 Å². The molecule has 0 atom stereocenters. The topological polar surface area (TPSA) is 93.5 Å². The van der Waals surface area contributed by atoms with Crippen LogP contribution in [0.25, 0.3) is 11.3 Å². The van der Waals surface area contributed by atoms with E-state index in [4.69, 9.17) is 9.26 Å². The molecule has 0 aliphatic rings. The summed E-state index contributed by atoms with van der Waals surface area (Å²) in [5.74, 6) is 0.179. The zero-order valence-electron chi connectivity index (χ0n) is 14.3. The number of hydrogen-bond donors (Lipinski definition) is 2. The maximum atomic E-state index is 12.5. The minimum Gasteiger partial charge on any atom is -0.495 e. The molecular formula is C19H17N3O4. The highest BCUT2D eigenvalue weighted by Crippen LogP contribution is 2.27. The molecule has 0 spiro atoms. The first-order chi connectivity index (χ1) is 12.6. The van der Waals surface area contributed by atoms with E-state index in [0.29, 0.717) is 22.8 Å². The monoisotopic (exact) mass is 351 g/mol. The number of amides is 2. The maximum absolute atomic E-state index is 12.5. The van der Waals surface area contributed by atoms with E-state index in [1.54, 1.807) is 18.2 Å². The van der Waals surface area contributed by atoms with Gasteiger partial charge < -0.3 is 19.9 Å². The third kappa shape index (κ3) is 3.56. The summed E-state index contributed by atoms with van der Waals surface area (Å²) in [6.45, 7) is 0. The van der Waals surface area contributed by atoms with Gasteiger partial charge in [0.1, 0.15) is 5.75 Å². The summed E-state index contributed by atoms with van der Waals surface area (Å²) in [6, 6.07) is 15.7. The van der Waals surface area contributed by atoms with Crippen LogP contribution < -0.4 is 15.4 Å². The van der Waals surface area contributed by atoms with Crippen molar-refractivity contribution in [3.05, 3.63) is 65.9 Å². The molecule has 0 bridgehead atoms.